The number of hydrogen-bond acceptors (Lipinski definition) is 6. The molecule has 0 saturated carbocycles. The highest BCUT2D eigenvalue weighted by Gasteiger charge is 2.46. The number of carbonyl (C=O) groups is 2. The Morgan fingerprint density at radius 3 is 2.56 bits per heavy atom. The van der Waals surface area contributed by atoms with E-state index in [0.717, 1.165) is 4.88 Å². The summed E-state index contributed by atoms with van der Waals surface area (Å²) in [6.07, 6.45) is 0. The summed E-state index contributed by atoms with van der Waals surface area (Å²) in [5, 5.41) is 21.3. The Morgan fingerprint density at radius 2 is 1.93 bits per heavy atom. The van der Waals surface area contributed by atoms with Gasteiger partial charge in [0.05, 0.1) is 31.4 Å². The molecule has 1 atom stereocenters. The molecule has 2 aromatic rings. The van der Waals surface area contributed by atoms with E-state index in [4.69, 9.17) is 9.84 Å². The van der Waals surface area contributed by atoms with Crippen LogP contribution in [0.1, 0.15) is 16.5 Å². The summed E-state index contributed by atoms with van der Waals surface area (Å²) in [4.78, 5) is 27.2. The first-order chi connectivity index (χ1) is 13.0. The van der Waals surface area contributed by atoms with Crippen molar-refractivity contribution in [2.45, 2.75) is 6.04 Å². The van der Waals surface area contributed by atoms with E-state index in [-0.39, 0.29) is 43.3 Å². The fourth-order valence-electron chi connectivity index (χ4n) is 2.95. The largest absolute Gasteiger partial charge is 0.507 e. The van der Waals surface area contributed by atoms with Crippen molar-refractivity contribution in [3.05, 3.63) is 63.6 Å². The smallest absolute Gasteiger partial charge is 0.295 e. The lowest BCUT2D eigenvalue weighted by atomic mass is 10.00. The molecule has 0 bridgehead atoms. The van der Waals surface area contributed by atoms with Gasteiger partial charge in [0.2, 0.25) is 0 Å². The van der Waals surface area contributed by atoms with Gasteiger partial charge in [-0.2, -0.15) is 0 Å². The number of nitrogens with zero attached hydrogens (tertiary/aromatic N) is 1. The van der Waals surface area contributed by atoms with Gasteiger partial charge in [-0.05, 0) is 35.7 Å². The predicted octanol–water partition coefficient (Wildman–Crippen LogP) is 2.32. The van der Waals surface area contributed by atoms with Crippen molar-refractivity contribution in [1.82, 2.24) is 4.90 Å². The van der Waals surface area contributed by atoms with Crippen molar-refractivity contribution in [1.29, 1.82) is 0 Å². The lowest BCUT2D eigenvalue weighted by molar-refractivity contribution is -0.140. The summed E-state index contributed by atoms with van der Waals surface area (Å²) < 4.78 is 18.4. The number of ketones is 1. The van der Waals surface area contributed by atoms with Crippen LogP contribution in [0.15, 0.2) is 47.4 Å². The van der Waals surface area contributed by atoms with E-state index in [9.17, 15) is 19.1 Å². The van der Waals surface area contributed by atoms with Crippen LogP contribution in [0.5, 0.6) is 0 Å². The second kappa shape index (κ2) is 8.43. The Labute approximate surface area is 159 Å². The number of ether oxygens (including phenoxy) is 1. The minimum atomic E-state index is -0.794. The topological polar surface area (TPSA) is 87.1 Å². The number of thiophene rings is 1. The zero-order valence-corrected chi connectivity index (χ0v) is 15.1. The zero-order chi connectivity index (χ0) is 19.4. The maximum Gasteiger partial charge on any atom is 0.295 e. The number of aliphatic hydroxyl groups is 2. The van der Waals surface area contributed by atoms with Crippen LogP contribution in [0.3, 0.4) is 0 Å². The Hall–Kier alpha value is -2.55. The van der Waals surface area contributed by atoms with E-state index < -0.39 is 23.5 Å². The molecule has 0 aliphatic carbocycles. The number of likely N-dealkylation sites (tertiary alicyclic amines) is 1. The van der Waals surface area contributed by atoms with Crippen LogP contribution in [0.4, 0.5) is 4.39 Å². The average Bonchev–Trinajstić information content (AvgIpc) is 3.27. The molecular weight excluding hydrogens is 373 g/mol. The van der Waals surface area contributed by atoms with Crippen LogP contribution in [-0.2, 0) is 14.3 Å². The number of amides is 1. The summed E-state index contributed by atoms with van der Waals surface area (Å²) >= 11 is 1.36. The summed E-state index contributed by atoms with van der Waals surface area (Å²) in [6.45, 7) is 0.264. The molecule has 1 aromatic heterocycles. The molecule has 1 amide bonds. The van der Waals surface area contributed by atoms with E-state index in [1.165, 1.54) is 40.5 Å². The normalized spacial score (nSPS) is 19.0. The first-order valence-corrected chi connectivity index (χ1v) is 9.19. The van der Waals surface area contributed by atoms with Gasteiger partial charge in [-0.15, -0.1) is 11.3 Å². The lowest BCUT2D eigenvalue weighted by Crippen LogP contribution is -2.32. The van der Waals surface area contributed by atoms with E-state index in [2.05, 4.69) is 0 Å². The quantitative estimate of drug-likeness (QED) is 0.327. The molecule has 2 N–H and O–H groups in total. The van der Waals surface area contributed by atoms with Gasteiger partial charge in [0.25, 0.3) is 11.7 Å². The molecule has 1 aliphatic rings. The summed E-state index contributed by atoms with van der Waals surface area (Å²) in [7, 11) is 0. The molecule has 1 saturated heterocycles. The molecule has 1 aliphatic heterocycles. The highest BCUT2D eigenvalue weighted by Crippen LogP contribution is 2.40. The van der Waals surface area contributed by atoms with Gasteiger partial charge in [0, 0.05) is 17.0 Å². The van der Waals surface area contributed by atoms with Crippen LogP contribution < -0.4 is 0 Å². The second-order valence-electron chi connectivity index (χ2n) is 5.85. The molecule has 0 spiro atoms. The maximum atomic E-state index is 13.2. The van der Waals surface area contributed by atoms with Crippen molar-refractivity contribution >= 4 is 28.8 Å². The number of rotatable bonds is 7. The van der Waals surface area contributed by atoms with Crippen molar-refractivity contribution in [2.24, 2.45) is 0 Å². The Kier molecular flexibility index (Phi) is 6.00. The SMILES string of the molecule is O=C1C(=O)N(CCOCCO)[C@@H](c2cccs2)C1=C(O)c1ccc(F)cc1. The minimum Gasteiger partial charge on any atom is -0.507 e. The van der Waals surface area contributed by atoms with Gasteiger partial charge in [-0.25, -0.2) is 4.39 Å². The predicted molar refractivity (Wildman–Crippen MR) is 97.6 cm³/mol. The first-order valence-electron chi connectivity index (χ1n) is 8.31. The number of carbonyl (C=O) groups excluding carboxylic acids is 2. The molecule has 2 heterocycles. The summed E-state index contributed by atoms with van der Waals surface area (Å²) in [6, 6.07) is 7.89. The standard InChI is InChI=1S/C19H18FNO5S/c20-13-5-3-12(4-6-13)17(23)15-16(14-2-1-11-27-14)21(19(25)18(15)24)7-9-26-10-8-22/h1-6,11,16,22-23H,7-10H2/t16-/m0/s1. The molecule has 6 nitrogen and oxygen atoms in total. The van der Waals surface area contributed by atoms with Gasteiger partial charge in [-0.3, -0.25) is 9.59 Å². The first kappa shape index (κ1) is 19.2. The van der Waals surface area contributed by atoms with Crippen molar-refractivity contribution < 1.29 is 28.9 Å². The van der Waals surface area contributed by atoms with Crippen molar-refractivity contribution in [3.63, 3.8) is 0 Å². The van der Waals surface area contributed by atoms with E-state index in [0.29, 0.717) is 0 Å². The van der Waals surface area contributed by atoms with Crippen LogP contribution in [0.25, 0.3) is 5.76 Å². The molecular formula is C19H18FNO5S. The van der Waals surface area contributed by atoms with Gasteiger partial charge >= 0.3 is 0 Å². The number of benzene rings is 1. The zero-order valence-electron chi connectivity index (χ0n) is 14.3. The van der Waals surface area contributed by atoms with Gasteiger partial charge in [0.1, 0.15) is 11.6 Å². The van der Waals surface area contributed by atoms with Crippen molar-refractivity contribution in [3.8, 4) is 0 Å². The third-order valence-electron chi connectivity index (χ3n) is 4.18. The molecule has 3 rings (SSSR count). The van der Waals surface area contributed by atoms with E-state index in [1.807, 2.05) is 5.38 Å². The number of halogens is 1. The Bertz CT molecular complexity index is 847. The summed E-state index contributed by atoms with van der Waals surface area (Å²) in [5.41, 5.74) is 0.226. The monoisotopic (exact) mass is 391 g/mol. The van der Waals surface area contributed by atoms with Crippen LogP contribution in [0, 0.1) is 5.82 Å². The number of hydrogen-bond donors (Lipinski definition) is 2. The Morgan fingerprint density at radius 1 is 1.19 bits per heavy atom. The van der Waals surface area contributed by atoms with E-state index >= 15 is 0 Å². The fraction of sp³-hybridized carbons (Fsp3) is 0.263. The molecule has 8 heteroatoms. The van der Waals surface area contributed by atoms with E-state index in [1.54, 1.807) is 12.1 Å². The molecule has 142 valence electrons. The van der Waals surface area contributed by atoms with Crippen LogP contribution in [-0.4, -0.2) is 53.2 Å². The molecule has 1 fully saturated rings. The lowest BCUT2D eigenvalue weighted by Gasteiger charge is -2.23. The highest BCUT2D eigenvalue weighted by atomic mass is 32.1. The second-order valence-corrected chi connectivity index (χ2v) is 6.83. The van der Waals surface area contributed by atoms with Gasteiger partial charge in [-0.1, -0.05) is 6.07 Å². The Balaban J connectivity index is 2.00. The summed E-state index contributed by atoms with van der Waals surface area (Å²) in [5.74, 6) is -2.34. The third-order valence-corrected chi connectivity index (χ3v) is 5.11. The van der Waals surface area contributed by atoms with Gasteiger partial charge in [0.15, 0.2) is 0 Å². The van der Waals surface area contributed by atoms with Crippen LogP contribution in [0.2, 0.25) is 0 Å². The minimum absolute atomic E-state index is 0.0313. The molecule has 1 aromatic carbocycles. The number of aliphatic hydroxyl groups excluding tert-OH is 2. The molecule has 0 radical (unpaired) electrons. The maximum absolute atomic E-state index is 13.2. The molecule has 0 unspecified atom stereocenters. The number of Topliss-reactive ketones (excluding diaryl/α,β-unsaturated/α-hetero) is 1. The van der Waals surface area contributed by atoms with Crippen molar-refractivity contribution in [2.75, 3.05) is 26.4 Å². The molecule has 27 heavy (non-hydrogen) atoms. The van der Waals surface area contributed by atoms with Crippen LogP contribution >= 0.6 is 11.3 Å². The third kappa shape index (κ3) is 3.92. The van der Waals surface area contributed by atoms with Gasteiger partial charge < -0.3 is 19.8 Å². The average molecular weight is 391 g/mol. The highest BCUT2D eigenvalue weighted by molar-refractivity contribution is 7.10. The fourth-order valence-corrected chi connectivity index (χ4v) is 3.79.